The highest BCUT2D eigenvalue weighted by Gasteiger charge is 2.25. The van der Waals surface area contributed by atoms with Crippen molar-refractivity contribution in [2.45, 2.75) is 19.1 Å². The van der Waals surface area contributed by atoms with E-state index in [1.54, 1.807) is 0 Å². The Hall–Kier alpha value is -3.27. The maximum Gasteiger partial charge on any atom is 0.244 e. The van der Waals surface area contributed by atoms with Crippen LogP contribution < -0.4 is 11.5 Å². The van der Waals surface area contributed by atoms with Crippen molar-refractivity contribution in [2.75, 3.05) is 5.73 Å². The van der Waals surface area contributed by atoms with Gasteiger partial charge in [-0.15, -0.1) is 0 Å². The number of nitrogens with zero attached hydrogens (tertiary/aromatic N) is 2. The summed E-state index contributed by atoms with van der Waals surface area (Å²) in [5.41, 5.74) is 12.0. The predicted octanol–water partition coefficient (Wildman–Crippen LogP) is 2.40. The van der Waals surface area contributed by atoms with E-state index in [0.29, 0.717) is 17.1 Å². The first kappa shape index (κ1) is 20.5. The summed E-state index contributed by atoms with van der Waals surface area (Å²) in [6.45, 7) is 3.00. The summed E-state index contributed by atoms with van der Waals surface area (Å²) in [5, 5.41) is -0.774. The number of hydrogen-bond donors (Lipinski definition) is 2. The third-order valence-electron chi connectivity index (χ3n) is 4.26. The van der Waals surface area contributed by atoms with Crippen molar-refractivity contribution < 1.29 is 22.0 Å². The molecule has 0 unspecified atom stereocenters. The number of amides is 1. The lowest BCUT2D eigenvalue weighted by molar-refractivity contribution is -0.113. The van der Waals surface area contributed by atoms with Gasteiger partial charge in [-0.3, -0.25) is 4.79 Å². The van der Waals surface area contributed by atoms with Crippen molar-refractivity contribution >= 4 is 38.5 Å². The second-order valence-electron chi connectivity index (χ2n) is 6.65. The Kier molecular flexibility index (Phi) is 5.14. The summed E-state index contributed by atoms with van der Waals surface area (Å²) in [6, 6.07) is 7.23. The highest BCUT2D eigenvalue weighted by atomic mass is 32.2. The summed E-state index contributed by atoms with van der Waals surface area (Å²) in [6.07, 6.45) is 1.01. The Bertz CT molecular complexity index is 1240. The number of nitrogen functional groups attached to an aromatic ring is 1. The number of carbonyl (C=O) groups is 1. The Morgan fingerprint density at radius 1 is 1.10 bits per heavy atom. The van der Waals surface area contributed by atoms with Crippen LogP contribution in [0.5, 0.6) is 0 Å². The number of nitrogens with two attached hydrogens (primary N) is 2. The van der Waals surface area contributed by atoms with Crippen LogP contribution in [0.15, 0.2) is 42.5 Å². The zero-order chi connectivity index (χ0) is 21.5. The van der Waals surface area contributed by atoms with Crippen LogP contribution in [0.3, 0.4) is 0 Å². The molecule has 0 saturated heterocycles. The van der Waals surface area contributed by atoms with Crippen LogP contribution in [0.25, 0.3) is 16.6 Å². The molecule has 10 heteroatoms. The van der Waals surface area contributed by atoms with E-state index in [4.69, 9.17) is 11.5 Å². The van der Waals surface area contributed by atoms with E-state index in [1.165, 1.54) is 32.0 Å². The van der Waals surface area contributed by atoms with E-state index in [0.717, 1.165) is 22.2 Å². The van der Waals surface area contributed by atoms with Crippen molar-refractivity contribution in [2.24, 2.45) is 5.73 Å². The molecule has 0 aliphatic rings. The van der Waals surface area contributed by atoms with Gasteiger partial charge in [0.25, 0.3) is 0 Å². The molecule has 4 N–H and O–H groups in total. The van der Waals surface area contributed by atoms with Gasteiger partial charge in [-0.25, -0.2) is 26.2 Å². The van der Waals surface area contributed by atoms with Crippen LogP contribution in [-0.4, -0.2) is 28.5 Å². The summed E-state index contributed by atoms with van der Waals surface area (Å²) in [7, 11) is -3.84. The SMILES string of the molecule is CC(C)S(=O)(=O)n1c(N)nc2ccc(C(=CC(N)=O)c3cc(F)cc(F)c3)cc21. The molecule has 7 nitrogen and oxygen atoms in total. The molecule has 0 aliphatic carbocycles. The van der Waals surface area contributed by atoms with Gasteiger partial charge in [-0.05, 0) is 54.8 Å². The van der Waals surface area contributed by atoms with Crippen LogP contribution >= 0.6 is 0 Å². The van der Waals surface area contributed by atoms with E-state index >= 15 is 0 Å². The predicted molar refractivity (Wildman–Crippen MR) is 106 cm³/mol. The van der Waals surface area contributed by atoms with E-state index in [1.807, 2.05) is 0 Å². The Morgan fingerprint density at radius 2 is 1.72 bits per heavy atom. The van der Waals surface area contributed by atoms with Crippen LogP contribution in [0.1, 0.15) is 25.0 Å². The highest BCUT2D eigenvalue weighted by molar-refractivity contribution is 7.90. The largest absolute Gasteiger partial charge is 0.368 e. The van der Waals surface area contributed by atoms with Gasteiger partial charge in [-0.2, -0.15) is 0 Å². The average molecular weight is 420 g/mol. The fourth-order valence-electron chi connectivity index (χ4n) is 2.90. The number of carbonyl (C=O) groups excluding carboxylic acids is 1. The molecule has 0 saturated carbocycles. The van der Waals surface area contributed by atoms with Gasteiger partial charge in [0.15, 0.2) is 0 Å². The molecule has 0 radical (unpaired) electrons. The molecule has 1 amide bonds. The number of hydrogen-bond acceptors (Lipinski definition) is 5. The van der Waals surface area contributed by atoms with E-state index in [2.05, 4.69) is 4.98 Å². The van der Waals surface area contributed by atoms with E-state index in [-0.39, 0.29) is 22.6 Å². The van der Waals surface area contributed by atoms with Crippen LogP contribution in [0.4, 0.5) is 14.7 Å². The topological polar surface area (TPSA) is 121 Å². The smallest absolute Gasteiger partial charge is 0.244 e. The summed E-state index contributed by atoms with van der Waals surface area (Å²) >= 11 is 0. The lowest BCUT2D eigenvalue weighted by Crippen LogP contribution is -2.23. The van der Waals surface area contributed by atoms with Gasteiger partial charge in [0.1, 0.15) is 11.6 Å². The van der Waals surface area contributed by atoms with Crippen molar-refractivity contribution in [1.29, 1.82) is 0 Å². The minimum atomic E-state index is -3.84. The quantitative estimate of drug-likeness (QED) is 0.614. The lowest BCUT2D eigenvalue weighted by atomic mass is 9.96. The van der Waals surface area contributed by atoms with E-state index in [9.17, 15) is 22.0 Å². The molecular weight excluding hydrogens is 402 g/mol. The van der Waals surface area contributed by atoms with Crippen molar-refractivity contribution in [3.05, 3.63) is 65.2 Å². The second-order valence-corrected chi connectivity index (χ2v) is 8.99. The molecule has 0 aliphatic heterocycles. The second kappa shape index (κ2) is 7.28. The Labute approximate surface area is 165 Å². The zero-order valence-electron chi connectivity index (χ0n) is 15.6. The first-order valence-electron chi connectivity index (χ1n) is 8.51. The summed E-state index contributed by atoms with van der Waals surface area (Å²) < 4.78 is 53.7. The standard InChI is InChI=1S/C19H18F2N4O3S/c1-10(2)29(27,28)25-17-7-11(3-4-16(17)24-19(25)23)15(9-18(22)26)12-5-13(20)8-14(21)6-12/h3-10H,1-2H3,(H2,22,26)(H2,23,24). The third-order valence-corrected chi connectivity index (χ3v) is 6.34. The molecule has 29 heavy (non-hydrogen) atoms. The van der Waals surface area contributed by atoms with Crippen molar-refractivity contribution in [3.63, 3.8) is 0 Å². The molecule has 2 aromatic carbocycles. The van der Waals surface area contributed by atoms with Gasteiger partial charge >= 0.3 is 0 Å². The number of anilines is 1. The molecule has 0 fully saturated rings. The fraction of sp³-hybridized carbons (Fsp3) is 0.158. The third kappa shape index (κ3) is 3.83. The zero-order valence-corrected chi connectivity index (χ0v) is 16.4. The van der Waals surface area contributed by atoms with Gasteiger partial charge in [0, 0.05) is 12.1 Å². The van der Waals surface area contributed by atoms with Gasteiger partial charge in [0.05, 0.1) is 16.3 Å². The number of rotatable bonds is 5. The summed E-state index contributed by atoms with van der Waals surface area (Å²) in [4.78, 5) is 15.6. The number of imidazole rings is 1. The lowest BCUT2D eigenvalue weighted by Gasteiger charge is -2.13. The fourth-order valence-corrected chi connectivity index (χ4v) is 4.05. The van der Waals surface area contributed by atoms with Crippen LogP contribution in [0, 0.1) is 11.6 Å². The minimum Gasteiger partial charge on any atom is -0.368 e. The number of halogens is 2. The van der Waals surface area contributed by atoms with Crippen molar-refractivity contribution in [3.8, 4) is 0 Å². The molecule has 0 spiro atoms. The Morgan fingerprint density at radius 3 is 2.28 bits per heavy atom. The molecule has 0 bridgehead atoms. The number of primary amides is 1. The van der Waals surface area contributed by atoms with Gasteiger partial charge in [-0.1, -0.05) is 6.07 Å². The molecular formula is C19H18F2N4O3S. The average Bonchev–Trinajstić information content (AvgIpc) is 2.93. The number of aromatic nitrogens is 2. The molecule has 1 heterocycles. The maximum atomic E-state index is 13.7. The van der Waals surface area contributed by atoms with Crippen LogP contribution in [0.2, 0.25) is 0 Å². The minimum absolute atomic E-state index is 0.0615. The van der Waals surface area contributed by atoms with E-state index < -0.39 is 32.8 Å². The Balaban J connectivity index is 2.31. The maximum absolute atomic E-state index is 13.7. The molecule has 1 aromatic heterocycles. The molecule has 0 atom stereocenters. The van der Waals surface area contributed by atoms with Gasteiger partial charge < -0.3 is 11.5 Å². The van der Waals surface area contributed by atoms with Crippen LogP contribution in [-0.2, 0) is 14.8 Å². The molecule has 3 aromatic rings. The molecule has 3 rings (SSSR count). The normalized spacial score (nSPS) is 12.7. The summed E-state index contributed by atoms with van der Waals surface area (Å²) in [5.74, 6) is -2.74. The monoisotopic (exact) mass is 420 g/mol. The first-order valence-corrected chi connectivity index (χ1v) is 10.0. The highest BCUT2D eigenvalue weighted by Crippen LogP contribution is 2.30. The molecule has 152 valence electrons. The van der Waals surface area contributed by atoms with Crippen molar-refractivity contribution in [1.82, 2.24) is 8.96 Å². The first-order chi connectivity index (χ1) is 13.5. The number of fused-ring (bicyclic) bond motifs is 1. The number of benzene rings is 2. The van der Waals surface area contributed by atoms with Gasteiger partial charge in [0.2, 0.25) is 21.9 Å².